The van der Waals surface area contributed by atoms with Crippen molar-refractivity contribution in [3.63, 3.8) is 0 Å². The Morgan fingerprint density at radius 1 is 0.912 bits per heavy atom. The molecule has 0 saturated heterocycles. The molecular weight excluding hydrogens is 442 g/mol. The van der Waals surface area contributed by atoms with Crippen molar-refractivity contribution in [1.82, 2.24) is 10.6 Å². The highest BCUT2D eigenvalue weighted by atomic mass is 16.5. The first kappa shape index (κ1) is 26.2. The summed E-state index contributed by atoms with van der Waals surface area (Å²) in [5, 5.41) is 7.33. The zero-order valence-corrected chi connectivity index (χ0v) is 19.4. The first-order chi connectivity index (χ1) is 16.3. The van der Waals surface area contributed by atoms with Crippen LogP contribution < -0.4 is 25.4 Å². The van der Waals surface area contributed by atoms with Crippen molar-refractivity contribution in [3.05, 3.63) is 54.1 Å². The van der Waals surface area contributed by atoms with E-state index in [1.165, 1.54) is 31.4 Å². The average molecular weight is 472 g/mol. The third kappa shape index (κ3) is 9.60. The van der Waals surface area contributed by atoms with E-state index in [1.807, 2.05) is 13.8 Å². The van der Waals surface area contributed by atoms with Gasteiger partial charge in [-0.2, -0.15) is 0 Å². The van der Waals surface area contributed by atoms with Gasteiger partial charge in [0, 0.05) is 18.3 Å². The van der Waals surface area contributed by atoms with Crippen LogP contribution in [0.25, 0.3) is 0 Å². The Balaban J connectivity index is 1.72. The molecule has 2 aromatic rings. The van der Waals surface area contributed by atoms with E-state index in [1.54, 1.807) is 24.3 Å². The molecular formula is C24H29N3O7. The molecule has 0 aromatic heterocycles. The summed E-state index contributed by atoms with van der Waals surface area (Å²) in [6.07, 6.45) is 0.781. The molecule has 0 aliphatic heterocycles. The first-order valence-corrected chi connectivity index (χ1v) is 10.7. The predicted octanol–water partition coefficient (Wildman–Crippen LogP) is 2.74. The monoisotopic (exact) mass is 471 g/mol. The molecule has 0 spiro atoms. The SMILES string of the molecule is COc1cccc(NC(=O)COc2ccc(C(=O)OCC(=O)NC(=O)NCCC(C)C)cc2)c1. The van der Waals surface area contributed by atoms with E-state index >= 15 is 0 Å². The van der Waals surface area contributed by atoms with E-state index in [0.29, 0.717) is 29.6 Å². The molecule has 0 bridgehead atoms. The molecule has 0 fully saturated rings. The summed E-state index contributed by atoms with van der Waals surface area (Å²) < 4.78 is 15.4. The summed E-state index contributed by atoms with van der Waals surface area (Å²) in [6, 6.07) is 12.1. The molecule has 182 valence electrons. The standard InChI is InChI=1S/C24H29N3O7/c1-16(2)11-12-25-24(31)27-22(29)15-34-23(30)17-7-9-19(10-8-17)33-14-21(28)26-18-5-4-6-20(13-18)32-3/h4-10,13,16H,11-12,14-15H2,1-3H3,(H,26,28)(H2,25,27,29,31). The van der Waals surface area contributed by atoms with Gasteiger partial charge in [-0.15, -0.1) is 0 Å². The van der Waals surface area contributed by atoms with E-state index < -0.39 is 24.5 Å². The fourth-order valence-electron chi connectivity index (χ4n) is 2.63. The number of hydrogen-bond donors (Lipinski definition) is 3. The summed E-state index contributed by atoms with van der Waals surface area (Å²) >= 11 is 0. The normalized spacial score (nSPS) is 10.2. The van der Waals surface area contributed by atoms with Crippen molar-refractivity contribution >= 4 is 29.5 Å². The first-order valence-electron chi connectivity index (χ1n) is 10.7. The van der Waals surface area contributed by atoms with Crippen LogP contribution in [-0.2, 0) is 14.3 Å². The Morgan fingerprint density at radius 3 is 2.32 bits per heavy atom. The van der Waals surface area contributed by atoms with Crippen molar-refractivity contribution in [3.8, 4) is 11.5 Å². The number of urea groups is 1. The minimum Gasteiger partial charge on any atom is -0.497 e. The van der Waals surface area contributed by atoms with Crippen molar-refractivity contribution in [1.29, 1.82) is 0 Å². The van der Waals surface area contributed by atoms with Gasteiger partial charge in [0.05, 0.1) is 12.7 Å². The lowest BCUT2D eigenvalue weighted by Gasteiger charge is -2.10. The van der Waals surface area contributed by atoms with Gasteiger partial charge < -0.3 is 24.8 Å². The van der Waals surface area contributed by atoms with Crippen LogP contribution in [0.1, 0.15) is 30.6 Å². The quantitative estimate of drug-likeness (QED) is 0.429. The minimum absolute atomic E-state index is 0.183. The number of rotatable bonds is 11. The second-order valence-corrected chi connectivity index (χ2v) is 7.66. The number of hydrogen-bond acceptors (Lipinski definition) is 7. The Labute approximate surface area is 198 Å². The summed E-state index contributed by atoms with van der Waals surface area (Å²) in [6.45, 7) is 3.64. The van der Waals surface area contributed by atoms with Crippen LogP contribution in [0, 0.1) is 5.92 Å². The zero-order chi connectivity index (χ0) is 24.9. The van der Waals surface area contributed by atoms with Gasteiger partial charge in [-0.3, -0.25) is 14.9 Å². The van der Waals surface area contributed by atoms with E-state index in [2.05, 4.69) is 16.0 Å². The van der Waals surface area contributed by atoms with Gasteiger partial charge in [0.2, 0.25) is 0 Å². The van der Waals surface area contributed by atoms with Crippen LogP contribution in [0.5, 0.6) is 11.5 Å². The smallest absolute Gasteiger partial charge is 0.338 e. The van der Waals surface area contributed by atoms with Crippen LogP contribution in [0.2, 0.25) is 0 Å². The number of methoxy groups -OCH3 is 1. The Kier molecular flexibility index (Phi) is 10.4. The zero-order valence-electron chi connectivity index (χ0n) is 19.4. The molecule has 10 heteroatoms. The maximum Gasteiger partial charge on any atom is 0.338 e. The molecule has 0 saturated carbocycles. The van der Waals surface area contributed by atoms with Gasteiger partial charge in [-0.1, -0.05) is 19.9 Å². The van der Waals surface area contributed by atoms with Crippen LogP contribution in [0.15, 0.2) is 48.5 Å². The third-order valence-corrected chi connectivity index (χ3v) is 4.41. The second-order valence-electron chi connectivity index (χ2n) is 7.66. The molecule has 0 atom stereocenters. The fraction of sp³-hybridized carbons (Fsp3) is 0.333. The molecule has 0 aliphatic rings. The number of amides is 4. The van der Waals surface area contributed by atoms with Gasteiger partial charge in [-0.25, -0.2) is 9.59 Å². The summed E-state index contributed by atoms with van der Waals surface area (Å²) in [5.74, 6) is -0.437. The van der Waals surface area contributed by atoms with E-state index in [4.69, 9.17) is 14.2 Å². The number of imide groups is 1. The van der Waals surface area contributed by atoms with Gasteiger partial charge in [0.15, 0.2) is 13.2 Å². The minimum atomic E-state index is -0.739. The number of esters is 1. The Bertz CT molecular complexity index is 990. The van der Waals surface area contributed by atoms with Gasteiger partial charge in [0.25, 0.3) is 11.8 Å². The topological polar surface area (TPSA) is 132 Å². The maximum absolute atomic E-state index is 12.1. The molecule has 2 aromatic carbocycles. The molecule has 0 aliphatic carbocycles. The highest BCUT2D eigenvalue weighted by Gasteiger charge is 2.13. The Hall–Kier alpha value is -4.08. The lowest BCUT2D eigenvalue weighted by Crippen LogP contribution is -2.41. The number of nitrogens with one attached hydrogen (secondary N) is 3. The lowest BCUT2D eigenvalue weighted by molar-refractivity contribution is -0.123. The van der Waals surface area contributed by atoms with E-state index in [-0.39, 0.29) is 18.1 Å². The molecule has 4 amide bonds. The molecule has 0 unspecified atom stereocenters. The predicted molar refractivity (Wildman–Crippen MR) is 125 cm³/mol. The van der Waals surface area contributed by atoms with Crippen LogP contribution in [-0.4, -0.2) is 50.7 Å². The molecule has 0 radical (unpaired) electrons. The van der Waals surface area contributed by atoms with E-state index in [0.717, 1.165) is 6.42 Å². The second kappa shape index (κ2) is 13.5. The lowest BCUT2D eigenvalue weighted by atomic mass is 10.1. The molecule has 0 heterocycles. The highest BCUT2D eigenvalue weighted by molar-refractivity contribution is 5.97. The molecule has 2 rings (SSSR count). The fourth-order valence-corrected chi connectivity index (χ4v) is 2.63. The van der Waals surface area contributed by atoms with Gasteiger partial charge in [-0.05, 0) is 48.7 Å². The third-order valence-electron chi connectivity index (χ3n) is 4.41. The summed E-state index contributed by atoms with van der Waals surface area (Å²) in [4.78, 5) is 47.5. The Morgan fingerprint density at radius 2 is 1.65 bits per heavy atom. The number of anilines is 1. The van der Waals surface area contributed by atoms with Crippen LogP contribution in [0.3, 0.4) is 0 Å². The largest absolute Gasteiger partial charge is 0.497 e. The van der Waals surface area contributed by atoms with E-state index in [9.17, 15) is 19.2 Å². The van der Waals surface area contributed by atoms with Crippen molar-refractivity contribution < 1.29 is 33.4 Å². The molecule has 10 nitrogen and oxygen atoms in total. The number of carbonyl (C=O) groups is 4. The highest BCUT2D eigenvalue weighted by Crippen LogP contribution is 2.17. The molecule has 34 heavy (non-hydrogen) atoms. The molecule has 3 N–H and O–H groups in total. The van der Waals surface area contributed by atoms with Gasteiger partial charge >= 0.3 is 12.0 Å². The van der Waals surface area contributed by atoms with Crippen molar-refractivity contribution in [2.75, 3.05) is 32.2 Å². The summed E-state index contributed by atoms with van der Waals surface area (Å²) in [7, 11) is 1.53. The maximum atomic E-state index is 12.1. The van der Waals surface area contributed by atoms with Crippen molar-refractivity contribution in [2.24, 2.45) is 5.92 Å². The average Bonchev–Trinajstić information content (AvgIpc) is 2.81. The van der Waals surface area contributed by atoms with Crippen LogP contribution >= 0.6 is 0 Å². The number of carbonyl (C=O) groups excluding carboxylic acids is 4. The number of benzene rings is 2. The van der Waals surface area contributed by atoms with Crippen LogP contribution in [0.4, 0.5) is 10.5 Å². The van der Waals surface area contributed by atoms with Crippen molar-refractivity contribution in [2.45, 2.75) is 20.3 Å². The van der Waals surface area contributed by atoms with Gasteiger partial charge in [0.1, 0.15) is 11.5 Å². The summed E-state index contributed by atoms with van der Waals surface area (Å²) in [5.41, 5.74) is 0.755. The number of ether oxygens (including phenoxy) is 3.